The SMILES string of the molecule is CCNC(=O)CSc1nnc(-c2nn(Cc3ccccc3)c(=O)c3ccccc23)o1. The topological polar surface area (TPSA) is 103 Å². The summed E-state index contributed by atoms with van der Waals surface area (Å²) in [5, 5.41) is 16.8. The van der Waals surface area contributed by atoms with Gasteiger partial charge in [-0.2, -0.15) is 5.10 Å². The molecule has 8 nitrogen and oxygen atoms in total. The van der Waals surface area contributed by atoms with Crippen LogP contribution in [0.3, 0.4) is 0 Å². The van der Waals surface area contributed by atoms with Gasteiger partial charge in [-0.05, 0) is 18.6 Å². The zero-order valence-electron chi connectivity index (χ0n) is 16.2. The quantitative estimate of drug-likeness (QED) is 0.458. The van der Waals surface area contributed by atoms with Crippen molar-refractivity contribution in [1.29, 1.82) is 0 Å². The van der Waals surface area contributed by atoms with Crippen LogP contribution in [0.1, 0.15) is 12.5 Å². The summed E-state index contributed by atoms with van der Waals surface area (Å²) in [5.74, 6) is 0.269. The summed E-state index contributed by atoms with van der Waals surface area (Å²) in [6, 6.07) is 16.8. The van der Waals surface area contributed by atoms with Crippen LogP contribution in [-0.4, -0.2) is 38.2 Å². The zero-order valence-corrected chi connectivity index (χ0v) is 17.1. The van der Waals surface area contributed by atoms with E-state index >= 15 is 0 Å². The molecule has 1 N–H and O–H groups in total. The summed E-state index contributed by atoms with van der Waals surface area (Å²) in [6.07, 6.45) is 0. The molecule has 0 bridgehead atoms. The van der Waals surface area contributed by atoms with Crippen molar-refractivity contribution in [3.63, 3.8) is 0 Å². The summed E-state index contributed by atoms with van der Waals surface area (Å²) in [6.45, 7) is 2.74. The maximum absolute atomic E-state index is 12.9. The average molecular weight is 421 g/mol. The molecule has 0 atom stereocenters. The number of carbonyl (C=O) groups is 1. The molecule has 2 aromatic carbocycles. The van der Waals surface area contributed by atoms with Crippen LogP contribution in [0, 0.1) is 0 Å². The molecule has 1 amide bonds. The van der Waals surface area contributed by atoms with Crippen LogP contribution in [0.25, 0.3) is 22.4 Å². The number of benzene rings is 2. The van der Waals surface area contributed by atoms with Gasteiger partial charge in [0.2, 0.25) is 5.91 Å². The van der Waals surface area contributed by atoms with E-state index in [4.69, 9.17) is 4.42 Å². The summed E-state index contributed by atoms with van der Waals surface area (Å²) >= 11 is 1.15. The van der Waals surface area contributed by atoms with E-state index in [0.29, 0.717) is 29.6 Å². The van der Waals surface area contributed by atoms with Gasteiger partial charge in [-0.1, -0.05) is 60.3 Å². The average Bonchev–Trinajstić information content (AvgIpc) is 3.24. The van der Waals surface area contributed by atoms with Crippen LogP contribution in [0.4, 0.5) is 0 Å². The molecule has 0 spiro atoms. The predicted octanol–water partition coefficient (Wildman–Crippen LogP) is 2.72. The third-order valence-corrected chi connectivity index (χ3v) is 5.17. The van der Waals surface area contributed by atoms with Gasteiger partial charge in [-0.25, -0.2) is 4.68 Å². The first-order valence-electron chi connectivity index (χ1n) is 9.43. The molecule has 0 unspecified atom stereocenters. The van der Waals surface area contributed by atoms with Gasteiger partial charge in [-0.3, -0.25) is 9.59 Å². The first kappa shape index (κ1) is 19.8. The van der Waals surface area contributed by atoms with Crippen LogP contribution in [0.5, 0.6) is 0 Å². The minimum absolute atomic E-state index is 0.109. The monoisotopic (exact) mass is 421 g/mol. The summed E-state index contributed by atoms with van der Waals surface area (Å²) < 4.78 is 7.14. The molecule has 0 aliphatic heterocycles. The highest BCUT2D eigenvalue weighted by Crippen LogP contribution is 2.26. The van der Waals surface area contributed by atoms with Gasteiger partial charge in [0.15, 0.2) is 5.69 Å². The molecule has 4 rings (SSSR count). The number of thioether (sulfide) groups is 1. The molecule has 2 aromatic heterocycles. The second-order valence-corrected chi connectivity index (χ2v) is 7.38. The molecule has 152 valence electrons. The number of nitrogens with one attached hydrogen (secondary N) is 1. The highest BCUT2D eigenvalue weighted by atomic mass is 32.2. The third kappa shape index (κ3) is 4.25. The largest absolute Gasteiger partial charge is 0.409 e. The van der Waals surface area contributed by atoms with Crippen LogP contribution in [0.15, 0.2) is 69.0 Å². The number of hydrogen-bond donors (Lipinski definition) is 1. The Morgan fingerprint density at radius 3 is 2.57 bits per heavy atom. The van der Waals surface area contributed by atoms with E-state index in [0.717, 1.165) is 17.3 Å². The molecule has 0 fully saturated rings. The van der Waals surface area contributed by atoms with Crippen molar-refractivity contribution < 1.29 is 9.21 Å². The number of fused-ring (bicyclic) bond motifs is 1. The van der Waals surface area contributed by atoms with E-state index in [2.05, 4.69) is 20.6 Å². The van der Waals surface area contributed by atoms with Crippen LogP contribution in [-0.2, 0) is 11.3 Å². The molecule has 9 heteroatoms. The molecule has 2 heterocycles. The number of amides is 1. The van der Waals surface area contributed by atoms with Gasteiger partial charge in [0.25, 0.3) is 16.7 Å². The predicted molar refractivity (Wildman–Crippen MR) is 114 cm³/mol. The smallest absolute Gasteiger partial charge is 0.277 e. The molecule has 0 saturated heterocycles. The van der Waals surface area contributed by atoms with Crippen LogP contribution >= 0.6 is 11.8 Å². The van der Waals surface area contributed by atoms with Gasteiger partial charge < -0.3 is 9.73 Å². The molecule has 0 radical (unpaired) electrons. The fourth-order valence-corrected chi connectivity index (χ4v) is 3.59. The van der Waals surface area contributed by atoms with Crippen molar-refractivity contribution in [2.24, 2.45) is 0 Å². The molecular weight excluding hydrogens is 402 g/mol. The molecule has 30 heavy (non-hydrogen) atoms. The maximum atomic E-state index is 12.9. The maximum Gasteiger partial charge on any atom is 0.277 e. The Kier molecular flexibility index (Phi) is 5.89. The zero-order chi connectivity index (χ0) is 20.9. The van der Waals surface area contributed by atoms with E-state index in [1.807, 2.05) is 49.4 Å². The summed E-state index contributed by atoms with van der Waals surface area (Å²) in [4.78, 5) is 24.6. The Morgan fingerprint density at radius 1 is 1.07 bits per heavy atom. The van der Waals surface area contributed by atoms with E-state index < -0.39 is 0 Å². The number of nitrogens with zero attached hydrogens (tertiary/aromatic N) is 4. The lowest BCUT2D eigenvalue weighted by molar-refractivity contribution is -0.118. The Bertz CT molecular complexity index is 1240. The molecule has 4 aromatic rings. The van der Waals surface area contributed by atoms with Gasteiger partial charge in [-0.15, -0.1) is 10.2 Å². The summed E-state index contributed by atoms with van der Waals surface area (Å²) in [5.41, 5.74) is 1.19. The lowest BCUT2D eigenvalue weighted by Gasteiger charge is -2.09. The van der Waals surface area contributed by atoms with E-state index in [1.54, 1.807) is 12.1 Å². The minimum Gasteiger partial charge on any atom is -0.409 e. The number of aromatic nitrogens is 4. The van der Waals surface area contributed by atoms with E-state index in [-0.39, 0.29) is 28.3 Å². The van der Waals surface area contributed by atoms with Crippen molar-refractivity contribution in [3.05, 3.63) is 70.5 Å². The minimum atomic E-state index is -0.191. The molecule has 0 aliphatic carbocycles. The Hall–Kier alpha value is -3.46. The fraction of sp³-hybridized carbons (Fsp3) is 0.190. The fourth-order valence-electron chi connectivity index (χ4n) is 3.00. The standard InChI is InChI=1S/C21H19N5O3S/c1-2-22-17(27)13-30-21-24-23-19(29-21)18-15-10-6-7-11-16(15)20(28)26(25-18)12-14-8-4-3-5-9-14/h3-11H,2,12-13H2,1H3,(H,22,27). The highest BCUT2D eigenvalue weighted by molar-refractivity contribution is 7.99. The van der Waals surface area contributed by atoms with Gasteiger partial charge >= 0.3 is 0 Å². The second kappa shape index (κ2) is 8.91. The third-order valence-electron chi connectivity index (χ3n) is 4.35. The Labute approximate surface area is 176 Å². The van der Waals surface area contributed by atoms with Crippen molar-refractivity contribution >= 4 is 28.4 Å². The lowest BCUT2D eigenvalue weighted by Crippen LogP contribution is -2.24. The van der Waals surface area contributed by atoms with Crippen molar-refractivity contribution in [2.75, 3.05) is 12.3 Å². The van der Waals surface area contributed by atoms with Gasteiger partial charge in [0.1, 0.15) is 0 Å². The Morgan fingerprint density at radius 2 is 1.80 bits per heavy atom. The number of carbonyl (C=O) groups excluding carboxylic acids is 1. The van der Waals surface area contributed by atoms with Gasteiger partial charge in [0, 0.05) is 11.9 Å². The van der Waals surface area contributed by atoms with Crippen molar-refractivity contribution in [3.8, 4) is 11.6 Å². The second-order valence-electron chi connectivity index (χ2n) is 6.46. The normalized spacial score (nSPS) is 11.0. The first-order chi connectivity index (χ1) is 14.7. The van der Waals surface area contributed by atoms with E-state index in [9.17, 15) is 9.59 Å². The molecule has 0 aliphatic rings. The van der Waals surface area contributed by atoms with Gasteiger partial charge in [0.05, 0.1) is 17.7 Å². The van der Waals surface area contributed by atoms with Crippen LogP contribution in [0.2, 0.25) is 0 Å². The number of hydrogen-bond acceptors (Lipinski definition) is 7. The highest BCUT2D eigenvalue weighted by Gasteiger charge is 2.18. The lowest BCUT2D eigenvalue weighted by atomic mass is 10.1. The first-order valence-corrected chi connectivity index (χ1v) is 10.4. The van der Waals surface area contributed by atoms with Crippen molar-refractivity contribution in [1.82, 2.24) is 25.3 Å². The summed E-state index contributed by atoms with van der Waals surface area (Å²) in [7, 11) is 0. The molecular formula is C21H19N5O3S. The number of rotatable bonds is 7. The van der Waals surface area contributed by atoms with E-state index in [1.165, 1.54) is 4.68 Å². The molecule has 0 saturated carbocycles. The van der Waals surface area contributed by atoms with Crippen LogP contribution < -0.4 is 10.9 Å². The van der Waals surface area contributed by atoms with Crippen molar-refractivity contribution in [2.45, 2.75) is 18.7 Å². The Balaban J connectivity index is 1.71.